The first kappa shape index (κ1) is 14.8. The van der Waals surface area contributed by atoms with Gasteiger partial charge in [-0.2, -0.15) is 0 Å². The van der Waals surface area contributed by atoms with Gasteiger partial charge in [0, 0.05) is 23.0 Å². The van der Waals surface area contributed by atoms with E-state index >= 15 is 0 Å². The average molecular weight is 292 g/mol. The number of anilines is 1. The van der Waals surface area contributed by atoms with E-state index in [4.69, 9.17) is 16.7 Å². The molecule has 0 atom stereocenters. The first-order valence-corrected chi connectivity index (χ1v) is 7.53. The van der Waals surface area contributed by atoms with E-state index in [2.05, 4.69) is 5.32 Å². The van der Waals surface area contributed by atoms with Crippen molar-refractivity contribution in [2.24, 2.45) is 0 Å². The Labute approximate surface area is 111 Å². The molecule has 0 fully saturated rings. The van der Waals surface area contributed by atoms with Crippen molar-refractivity contribution in [3.63, 3.8) is 0 Å². The van der Waals surface area contributed by atoms with E-state index in [-0.39, 0.29) is 23.6 Å². The molecule has 1 rings (SSSR count). The number of rotatable bonds is 6. The summed E-state index contributed by atoms with van der Waals surface area (Å²) >= 11 is 5.70. The molecule has 0 aromatic heterocycles. The van der Waals surface area contributed by atoms with Crippen molar-refractivity contribution in [1.82, 2.24) is 0 Å². The quantitative estimate of drug-likeness (QED) is 0.836. The van der Waals surface area contributed by atoms with Crippen LogP contribution in [0.25, 0.3) is 0 Å². The zero-order chi connectivity index (χ0) is 13.8. The lowest BCUT2D eigenvalue weighted by Crippen LogP contribution is -2.18. The highest BCUT2D eigenvalue weighted by molar-refractivity contribution is 7.91. The molecule has 0 saturated heterocycles. The molecule has 0 amide bonds. The Kier molecular flexibility index (Phi) is 4.98. The number of carboxylic acids is 1. The highest BCUT2D eigenvalue weighted by Gasteiger charge is 2.12. The zero-order valence-corrected chi connectivity index (χ0v) is 11.4. The van der Waals surface area contributed by atoms with E-state index < -0.39 is 15.8 Å². The van der Waals surface area contributed by atoms with Crippen LogP contribution in [0.5, 0.6) is 0 Å². The average Bonchev–Trinajstić information content (AvgIpc) is 2.30. The van der Waals surface area contributed by atoms with Crippen LogP contribution >= 0.6 is 11.6 Å². The summed E-state index contributed by atoms with van der Waals surface area (Å²) in [7, 11) is -3.07. The maximum atomic E-state index is 11.3. The fourth-order valence-electron chi connectivity index (χ4n) is 1.33. The lowest BCUT2D eigenvalue weighted by molar-refractivity contribution is 0.0698. The van der Waals surface area contributed by atoms with Crippen molar-refractivity contribution in [2.45, 2.75) is 6.92 Å². The normalized spacial score (nSPS) is 11.2. The van der Waals surface area contributed by atoms with Crippen molar-refractivity contribution in [3.05, 3.63) is 28.8 Å². The lowest BCUT2D eigenvalue weighted by Gasteiger charge is -2.09. The number of sulfone groups is 1. The van der Waals surface area contributed by atoms with Crippen LogP contribution in [-0.2, 0) is 9.84 Å². The lowest BCUT2D eigenvalue weighted by atomic mass is 10.2. The van der Waals surface area contributed by atoms with Gasteiger partial charge >= 0.3 is 5.97 Å². The number of carbonyl (C=O) groups is 1. The van der Waals surface area contributed by atoms with Gasteiger partial charge in [0.1, 0.15) is 0 Å². The molecule has 5 nitrogen and oxygen atoms in total. The van der Waals surface area contributed by atoms with Gasteiger partial charge in [0.15, 0.2) is 9.84 Å². The predicted octanol–water partition coefficient (Wildman–Crippen LogP) is 1.88. The largest absolute Gasteiger partial charge is 0.478 e. The Hall–Kier alpha value is -1.27. The number of aromatic carboxylic acids is 1. The first-order valence-electron chi connectivity index (χ1n) is 5.33. The number of carboxylic acid groups (broad SMARTS) is 1. The molecule has 100 valence electrons. The Morgan fingerprint density at radius 2 is 2.11 bits per heavy atom. The molecule has 0 aliphatic carbocycles. The van der Waals surface area contributed by atoms with Gasteiger partial charge < -0.3 is 10.4 Å². The van der Waals surface area contributed by atoms with Crippen LogP contribution in [0.3, 0.4) is 0 Å². The first-order chi connectivity index (χ1) is 8.35. The fourth-order valence-corrected chi connectivity index (χ4v) is 2.21. The molecule has 0 aliphatic heterocycles. The molecule has 0 radical (unpaired) electrons. The van der Waals surface area contributed by atoms with E-state index in [1.54, 1.807) is 13.0 Å². The summed E-state index contributed by atoms with van der Waals surface area (Å²) in [5.74, 6) is -1.08. The number of halogens is 1. The summed E-state index contributed by atoms with van der Waals surface area (Å²) in [5, 5.41) is 12.1. The smallest absolute Gasteiger partial charge is 0.337 e. The SMILES string of the molecule is CCS(=O)(=O)CCNc1ccc(Cl)cc1C(=O)O. The molecular weight excluding hydrogens is 278 g/mol. The molecule has 0 bridgehead atoms. The Morgan fingerprint density at radius 1 is 1.44 bits per heavy atom. The second-order valence-corrected chi connectivity index (χ2v) is 6.57. The second-order valence-electron chi connectivity index (χ2n) is 3.66. The minimum Gasteiger partial charge on any atom is -0.478 e. The molecule has 0 aliphatic rings. The third-order valence-corrected chi connectivity index (χ3v) is 4.32. The van der Waals surface area contributed by atoms with Crippen LogP contribution in [0, 0.1) is 0 Å². The molecule has 1 aromatic carbocycles. The summed E-state index contributed by atoms with van der Waals surface area (Å²) in [4.78, 5) is 11.0. The van der Waals surface area contributed by atoms with Gasteiger partial charge in [-0.25, -0.2) is 13.2 Å². The molecule has 7 heteroatoms. The second kappa shape index (κ2) is 6.06. The third kappa shape index (κ3) is 4.19. The van der Waals surface area contributed by atoms with Gasteiger partial charge in [-0.3, -0.25) is 0 Å². The summed E-state index contributed by atoms with van der Waals surface area (Å²) in [5.41, 5.74) is 0.384. The standard InChI is InChI=1S/C11H14ClNO4S/c1-2-18(16,17)6-5-13-10-4-3-8(12)7-9(10)11(14)15/h3-4,7,13H,2,5-6H2,1H3,(H,14,15). The van der Waals surface area contributed by atoms with Crippen LogP contribution in [0.1, 0.15) is 17.3 Å². The highest BCUT2D eigenvalue weighted by atomic mass is 35.5. The number of hydrogen-bond acceptors (Lipinski definition) is 4. The maximum absolute atomic E-state index is 11.3. The molecule has 2 N–H and O–H groups in total. The van der Waals surface area contributed by atoms with Gasteiger partial charge in [0.25, 0.3) is 0 Å². The summed E-state index contributed by atoms with van der Waals surface area (Å²) in [6, 6.07) is 4.38. The van der Waals surface area contributed by atoms with Crippen LogP contribution < -0.4 is 5.32 Å². The monoisotopic (exact) mass is 291 g/mol. The number of benzene rings is 1. The zero-order valence-electron chi connectivity index (χ0n) is 9.81. The van der Waals surface area contributed by atoms with E-state index in [0.717, 1.165) is 0 Å². The maximum Gasteiger partial charge on any atom is 0.337 e. The van der Waals surface area contributed by atoms with Gasteiger partial charge in [-0.05, 0) is 18.2 Å². The summed E-state index contributed by atoms with van der Waals surface area (Å²) in [6.45, 7) is 1.73. The highest BCUT2D eigenvalue weighted by Crippen LogP contribution is 2.20. The topological polar surface area (TPSA) is 83.5 Å². The van der Waals surface area contributed by atoms with E-state index in [0.29, 0.717) is 10.7 Å². The van der Waals surface area contributed by atoms with Gasteiger partial charge in [-0.15, -0.1) is 0 Å². The molecule has 0 heterocycles. The van der Waals surface area contributed by atoms with Crippen LogP contribution in [0.15, 0.2) is 18.2 Å². The van der Waals surface area contributed by atoms with E-state index in [9.17, 15) is 13.2 Å². The van der Waals surface area contributed by atoms with Crippen molar-refractivity contribution >= 4 is 33.1 Å². The van der Waals surface area contributed by atoms with E-state index in [1.807, 2.05) is 0 Å². The van der Waals surface area contributed by atoms with Crippen LogP contribution in [0.2, 0.25) is 5.02 Å². The Bertz CT molecular complexity index is 542. The molecule has 1 aromatic rings. The molecule has 0 unspecified atom stereocenters. The van der Waals surface area contributed by atoms with Crippen molar-refractivity contribution in [3.8, 4) is 0 Å². The van der Waals surface area contributed by atoms with Crippen molar-refractivity contribution in [2.75, 3.05) is 23.4 Å². The molecule has 18 heavy (non-hydrogen) atoms. The summed E-state index contributed by atoms with van der Waals surface area (Å²) in [6.07, 6.45) is 0. The van der Waals surface area contributed by atoms with Crippen LogP contribution in [-0.4, -0.2) is 37.5 Å². The molecular formula is C11H14ClNO4S. The van der Waals surface area contributed by atoms with Gasteiger partial charge in [0.05, 0.1) is 11.3 Å². The van der Waals surface area contributed by atoms with Crippen molar-refractivity contribution < 1.29 is 18.3 Å². The predicted molar refractivity (Wildman–Crippen MR) is 71.2 cm³/mol. The third-order valence-electron chi connectivity index (χ3n) is 2.38. The van der Waals surface area contributed by atoms with E-state index in [1.165, 1.54) is 12.1 Å². The Balaban J connectivity index is 2.77. The molecule has 0 saturated carbocycles. The van der Waals surface area contributed by atoms with Gasteiger partial charge in [0.2, 0.25) is 0 Å². The minimum absolute atomic E-state index is 0.0244. The fraction of sp³-hybridized carbons (Fsp3) is 0.364. The number of hydrogen-bond donors (Lipinski definition) is 2. The molecule has 0 spiro atoms. The van der Waals surface area contributed by atoms with Gasteiger partial charge in [-0.1, -0.05) is 18.5 Å². The summed E-state index contributed by atoms with van der Waals surface area (Å²) < 4.78 is 22.6. The van der Waals surface area contributed by atoms with Crippen LogP contribution in [0.4, 0.5) is 5.69 Å². The Morgan fingerprint density at radius 3 is 2.67 bits per heavy atom. The minimum atomic E-state index is -3.07. The number of nitrogens with one attached hydrogen (secondary N) is 1. The van der Waals surface area contributed by atoms with Crippen molar-refractivity contribution in [1.29, 1.82) is 0 Å².